The second-order valence-corrected chi connectivity index (χ2v) is 6.33. The van der Waals surface area contributed by atoms with E-state index in [9.17, 15) is 4.79 Å². The standard InChI is InChI=1S/C15H20Cl2N2O/c1-18(2)8-3-9-19(15(20)11-4-5-11)12-6-7-13(16)14(17)10-12/h6-7,10-11H,3-5,8-9H2,1-2H3. The fraction of sp³-hybridized carbons (Fsp3) is 0.533. The van der Waals surface area contributed by atoms with Crippen molar-refractivity contribution in [3.05, 3.63) is 28.2 Å². The molecule has 3 nitrogen and oxygen atoms in total. The molecule has 110 valence electrons. The van der Waals surface area contributed by atoms with Crippen molar-refractivity contribution in [3.63, 3.8) is 0 Å². The van der Waals surface area contributed by atoms with Crippen LogP contribution in [0.5, 0.6) is 0 Å². The molecule has 0 unspecified atom stereocenters. The second-order valence-electron chi connectivity index (χ2n) is 5.52. The quantitative estimate of drug-likeness (QED) is 0.799. The maximum absolute atomic E-state index is 12.4. The number of rotatable bonds is 6. The first-order chi connectivity index (χ1) is 9.49. The number of hydrogen-bond acceptors (Lipinski definition) is 2. The van der Waals surface area contributed by atoms with E-state index in [2.05, 4.69) is 4.90 Å². The van der Waals surface area contributed by atoms with Gasteiger partial charge in [-0.15, -0.1) is 0 Å². The van der Waals surface area contributed by atoms with Gasteiger partial charge in [-0.2, -0.15) is 0 Å². The molecule has 20 heavy (non-hydrogen) atoms. The molecule has 0 heterocycles. The summed E-state index contributed by atoms with van der Waals surface area (Å²) in [4.78, 5) is 16.4. The predicted molar refractivity (Wildman–Crippen MR) is 84.7 cm³/mol. The molecule has 0 atom stereocenters. The highest BCUT2D eigenvalue weighted by Gasteiger charge is 2.33. The zero-order chi connectivity index (χ0) is 14.7. The van der Waals surface area contributed by atoms with Crippen molar-refractivity contribution < 1.29 is 4.79 Å². The van der Waals surface area contributed by atoms with E-state index in [-0.39, 0.29) is 11.8 Å². The van der Waals surface area contributed by atoms with E-state index in [4.69, 9.17) is 23.2 Å². The fourth-order valence-corrected chi connectivity index (χ4v) is 2.41. The number of carbonyl (C=O) groups excluding carboxylic acids is 1. The molecule has 0 aliphatic heterocycles. The highest BCUT2D eigenvalue weighted by atomic mass is 35.5. The number of carbonyl (C=O) groups is 1. The lowest BCUT2D eigenvalue weighted by atomic mass is 10.2. The molecule has 0 radical (unpaired) electrons. The lowest BCUT2D eigenvalue weighted by molar-refractivity contribution is -0.119. The molecule has 1 saturated carbocycles. The summed E-state index contributed by atoms with van der Waals surface area (Å²) in [5, 5.41) is 1.01. The van der Waals surface area contributed by atoms with Crippen LogP contribution in [0.25, 0.3) is 0 Å². The summed E-state index contributed by atoms with van der Waals surface area (Å²) in [6, 6.07) is 5.39. The number of nitrogens with zero attached hydrogens (tertiary/aromatic N) is 2. The van der Waals surface area contributed by atoms with Gasteiger partial charge in [0.1, 0.15) is 0 Å². The lowest BCUT2D eigenvalue weighted by Crippen LogP contribution is -2.34. The van der Waals surface area contributed by atoms with Crippen LogP contribution in [0.1, 0.15) is 19.3 Å². The van der Waals surface area contributed by atoms with E-state index in [1.165, 1.54) is 0 Å². The Bertz CT molecular complexity index is 487. The smallest absolute Gasteiger partial charge is 0.230 e. The number of hydrogen-bond donors (Lipinski definition) is 0. The van der Waals surface area contributed by atoms with E-state index in [0.717, 1.165) is 31.5 Å². The Morgan fingerprint density at radius 2 is 1.90 bits per heavy atom. The fourth-order valence-electron chi connectivity index (χ4n) is 2.12. The monoisotopic (exact) mass is 314 g/mol. The van der Waals surface area contributed by atoms with Crippen molar-refractivity contribution in [2.24, 2.45) is 5.92 Å². The van der Waals surface area contributed by atoms with Gasteiger partial charge in [-0.25, -0.2) is 0 Å². The number of benzene rings is 1. The molecule has 1 aliphatic rings. The maximum Gasteiger partial charge on any atom is 0.230 e. The van der Waals surface area contributed by atoms with Crippen molar-refractivity contribution in [1.29, 1.82) is 0 Å². The Hall–Kier alpha value is -0.770. The summed E-state index contributed by atoms with van der Waals surface area (Å²) < 4.78 is 0. The van der Waals surface area contributed by atoms with Crippen LogP contribution >= 0.6 is 23.2 Å². The lowest BCUT2D eigenvalue weighted by Gasteiger charge is -2.24. The Balaban J connectivity index is 2.11. The van der Waals surface area contributed by atoms with E-state index < -0.39 is 0 Å². The second kappa shape index (κ2) is 6.79. The molecular formula is C15H20Cl2N2O. The highest BCUT2D eigenvalue weighted by molar-refractivity contribution is 6.42. The topological polar surface area (TPSA) is 23.6 Å². The van der Waals surface area contributed by atoms with Crippen LogP contribution in [0.4, 0.5) is 5.69 Å². The van der Waals surface area contributed by atoms with Gasteiger partial charge in [0.2, 0.25) is 5.91 Å². The van der Waals surface area contributed by atoms with Gasteiger partial charge >= 0.3 is 0 Å². The molecule has 0 spiro atoms. The minimum Gasteiger partial charge on any atom is -0.312 e. The molecule has 1 amide bonds. The summed E-state index contributed by atoms with van der Waals surface area (Å²) in [5.74, 6) is 0.408. The summed E-state index contributed by atoms with van der Waals surface area (Å²) in [7, 11) is 4.07. The van der Waals surface area contributed by atoms with Gasteiger partial charge in [0, 0.05) is 18.2 Å². The maximum atomic E-state index is 12.4. The molecule has 1 aliphatic carbocycles. The van der Waals surface area contributed by atoms with Crippen LogP contribution in [0.3, 0.4) is 0 Å². The normalized spacial score (nSPS) is 14.7. The van der Waals surface area contributed by atoms with Crippen LogP contribution in [-0.2, 0) is 4.79 Å². The first-order valence-corrected chi connectivity index (χ1v) is 7.66. The van der Waals surface area contributed by atoms with Gasteiger partial charge in [0.25, 0.3) is 0 Å². The van der Waals surface area contributed by atoms with E-state index in [0.29, 0.717) is 16.6 Å². The third kappa shape index (κ3) is 4.11. The minimum atomic E-state index is 0.198. The van der Waals surface area contributed by atoms with Crippen molar-refractivity contribution >= 4 is 34.8 Å². The molecule has 0 saturated heterocycles. The van der Waals surface area contributed by atoms with Crippen molar-refractivity contribution in [2.75, 3.05) is 32.1 Å². The van der Waals surface area contributed by atoms with Crippen LogP contribution in [0.2, 0.25) is 10.0 Å². The van der Waals surface area contributed by atoms with Gasteiger partial charge < -0.3 is 9.80 Å². The molecule has 2 rings (SSSR count). The first-order valence-electron chi connectivity index (χ1n) is 6.90. The molecule has 1 fully saturated rings. The third-order valence-corrected chi connectivity index (χ3v) is 4.13. The van der Waals surface area contributed by atoms with Crippen molar-refractivity contribution in [2.45, 2.75) is 19.3 Å². The molecule has 0 bridgehead atoms. The average molecular weight is 315 g/mol. The van der Waals surface area contributed by atoms with E-state index in [1.54, 1.807) is 12.1 Å². The number of anilines is 1. The van der Waals surface area contributed by atoms with Crippen LogP contribution < -0.4 is 4.90 Å². The Morgan fingerprint density at radius 1 is 1.20 bits per heavy atom. The SMILES string of the molecule is CN(C)CCCN(C(=O)C1CC1)c1ccc(Cl)c(Cl)c1. The highest BCUT2D eigenvalue weighted by Crippen LogP contribution is 2.34. The molecular weight excluding hydrogens is 295 g/mol. The summed E-state index contributed by atoms with van der Waals surface area (Å²) in [5.41, 5.74) is 0.843. The summed E-state index contributed by atoms with van der Waals surface area (Å²) in [6.45, 7) is 1.67. The summed E-state index contributed by atoms with van der Waals surface area (Å²) in [6.07, 6.45) is 2.94. The van der Waals surface area contributed by atoms with E-state index >= 15 is 0 Å². The number of amides is 1. The van der Waals surface area contributed by atoms with Crippen molar-refractivity contribution in [1.82, 2.24) is 4.90 Å². The largest absolute Gasteiger partial charge is 0.312 e. The first kappa shape index (κ1) is 15.6. The minimum absolute atomic E-state index is 0.198. The Kier molecular flexibility index (Phi) is 5.30. The van der Waals surface area contributed by atoms with E-state index in [1.807, 2.05) is 25.1 Å². The Labute approximate surface area is 130 Å². The predicted octanol–water partition coefficient (Wildman–Crippen LogP) is 3.69. The van der Waals surface area contributed by atoms with Crippen molar-refractivity contribution in [3.8, 4) is 0 Å². The molecule has 0 N–H and O–H groups in total. The third-order valence-electron chi connectivity index (χ3n) is 3.39. The van der Waals surface area contributed by atoms with Gasteiger partial charge in [0.15, 0.2) is 0 Å². The van der Waals surface area contributed by atoms with Crippen LogP contribution in [-0.4, -0.2) is 38.0 Å². The molecule has 1 aromatic carbocycles. The zero-order valence-electron chi connectivity index (χ0n) is 11.9. The molecule has 5 heteroatoms. The molecule has 0 aromatic heterocycles. The Morgan fingerprint density at radius 3 is 2.45 bits per heavy atom. The van der Waals surface area contributed by atoms with Gasteiger partial charge in [-0.3, -0.25) is 4.79 Å². The summed E-state index contributed by atoms with van der Waals surface area (Å²) >= 11 is 12.0. The van der Waals surface area contributed by atoms with Gasteiger partial charge in [-0.05, 0) is 58.1 Å². The van der Waals surface area contributed by atoms with Gasteiger partial charge in [0.05, 0.1) is 10.0 Å². The molecule has 1 aromatic rings. The number of halogens is 2. The van der Waals surface area contributed by atoms with Gasteiger partial charge in [-0.1, -0.05) is 23.2 Å². The van der Waals surface area contributed by atoms with Crippen LogP contribution in [0, 0.1) is 5.92 Å². The average Bonchev–Trinajstić information content (AvgIpc) is 3.21. The van der Waals surface area contributed by atoms with Crippen LogP contribution in [0.15, 0.2) is 18.2 Å². The zero-order valence-corrected chi connectivity index (χ0v) is 13.4.